The molecule has 0 spiro atoms. The fourth-order valence-electron chi connectivity index (χ4n) is 2.06. The van der Waals surface area contributed by atoms with Crippen molar-refractivity contribution in [2.75, 3.05) is 14.2 Å². The van der Waals surface area contributed by atoms with E-state index >= 15 is 0 Å². The summed E-state index contributed by atoms with van der Waals surface area (Å²) in [5, 5.41) is 0. The van der Waals surface area contributed by atoms with Gasteiger partial charge in [0.05, 0.1) is 13.2 Å². The molecule has 4 nitrogen and oxygen atoms in total. The van der Waals surface area contributed by atoms with E-state index in [1.54, 1.807) is 11.9 Å². The Morgan fingerprint density at radius 2 is 1.94 bits per heavy atom. The Labute approximate surface area is 93.8 Å². The monoisotopic (exact) mass is 219 g/mol. The molecule has 1 heterocycles. The number of nitrogens with zero attached hydrogens (tertiary/aromatic N) is 1. The van der Waals surface area contributed by atoms with Crippen LogP contribution >= 0.6 is 0 Å². The average Bonchev–Trinajstić information content (AvgIpc) is 2.34. The molecule has 0 bridgehead atoms. The number of β-lactam (4-membered cyclic amide) rings is 1. The van der Waals surface area contributed by atoms with Gasteiger partial charge in [0.25, 0.3) is 0 Å². The van der Waals surface area contributed by atoms with Crippen LogP contribution in [0.2, 0.25) is 0 Å². The maximum absolute atomic E-state index is 11.6. The largest absolute Gasteiger partial charge is 0.468 e. The highest BCUT2D eigenvalue weighted by Crippen LogP contribution is 2.39. The Morgan fingerprint density at radius 3 is 2.50 bits per heavy atom. The minimum atomic E-state index is -0.683. The summed E-state index contributed by atoms with van der Waals surface area (Å²) in [4.78, 5) is 24.6. The van der Waals surface area contributed by atoms with Crippen LogP contribution in [0.3, 0.4) is 0 Å². The summed E-state index contributed by atoms with van der Waals surface area (Å²) in [6.45, 7) is 0. The van der Waals surface area contributed by atoms with Gasteiger partial charge in [-0.05, 0) is 5.56 Å². The molecule has 1 fully saturated rings. The van der Waals surface area contributed by atoms with Crippen molar-refractivity contribution >= 4 is 11.9 Å². The van der Waals surface area contributed by atoms with E-state index in [1.165, 1.54) is 7.11 Å². The van der Waals surface area contributed by atoms with E-state index in [0.717, 1.165) is 5.56 Å². The van der Waals surface area contributed by atoms with Crippen LogP contribution in [0.5, 0.6) is 0 Å². The van der Waals surface area contributed by atoms with Crippen molar-refractivity contribution in [2.24, 2.45) is 5.92 Å². The fourth-order valence-corrected chi connectivity index (χ4v) is 2.06. The first-order valence-corrected chi connectivity index (χ1v) is 5.06. The molecule has 0 aromatic heterocycles. The van der Waals surface area contributed by atoms with Crippen LogP contribution in [-0.4, -0.2) is 30.9 Å². The number of carbonyl (C=O) groups is 2. The van der Waals surface area contributed by atoms with Gasteiger partial charge in [-0.1, -0.05) is 30.3 Å². The number of methoxy groups -OCH3 is 1. The predicted octanol–water partition coefficient (Wildman–Crippen LogP) is 0.989. The summed E-state index contributed by atoms with van der Waals surface area (Å²) in [6.07, 6.45) is 0. The van der Waals surface area contributed by atoms with Gasteiger partial charge in [0.1, 0.15) is 0 Å². The fraction of sp³-hybridized carbons (Fsp3) is 0.333. The van der Waals surface area contributed by atoms with Gasteiger partial charge in [-0.3, -0.25) is 9.59 Å². The molecule has 1 aromatic carbocycles. The maximum Gasteiger partial charge on any atom is 0.320 e. The summed E-state index contributed by atoms with van der Waals surface area (Å²) in [7, 11) is 3.00. The number of hydrogen-bond donors (Lipinski definition) is 0. The zero-order valence-corrected chi connectivity index (χ0v) is 9.21. The lowest BCUT2D eigenvalue weighted by Crippen LogP contribution is -2.56. The molecule has 16 heavy (non-hydrogen) atoms. The van der Waals surface area contributed by atoms with Gasteiger partial charge in [-0.25, -0.2) is 0 Å². The first-order chi connectivity index (χ1) is 7.66. The third kappa shape index (κ3) is 1.46. The molecule has 4 heteroatoms. The molecule has 1 aliphatic rings. The highest BCUT2D eigenvalue weighted by atomic mass is 16.5. The number of likely N-dealkylation sites (tertiary alicyclic amines) is 1. The third-order valence-electron chi connectivity index (χ3n) is 2.94. The Bertz CT molecular complexity index is 408. The van der Waals surface area contributed by atoms with Crippen LogP contribution in [0.1, 0.15) is 11.6 Å². The molecule has 0 radical (unpaired) electrons. The minimum Gasteiger partial charge on any atom is -0.468 e. The normalized spacial score (nSPS) is 23.9. The van der Waals surface area contributed by atoms with E-state index in [2.05, 4.69) is 4.74 Å². The number of benzene rings is 1. The number of esters is 1. The zero-order valence-electron chi connectivity index (χ0n) is 9.21. The second kappa shape index (κ2) is 3.96. The second-order valence-corrected chi connectivity index (χ2v) is 3.81. The van der Waals surface area contributed by atoms with Gasteiger partial charge >= 0.3 is 5.97 Å². The van der Waals surface area contributed by atoms with Crippen molar-refractivity contribution in [3.8, 4) is 0 Å². The lowest BCUT2D eigenvalue weighted by molar-refractivity contribution is -0.170. The molecule has 1 amide bonds. The Balaban J connectivity index is 2.27. The van der Waals surface area contributed by atoms with Crippen molar-refractivity contribution in [2.45, 2.75) is 6.04 Å². The van der Waals surface area contributed by atoms with Crippen LogP contribution < -0.4 is 0 Å². The van der Waals surface area contributed by atoms with Gasteiger partial charge in [0.2, 0.25) is 5.91 Å². The van der Waals surface area contributed by atoms with Crippen molar-refractivity contribution in [1.29, 1.82) is 0 Å². The molecule has 0 saturated carbocycles. The number of hydrogen-bond acceptors (Lipinski definition) is 3. The van der Waals surface area contributed by atoms with Crippen molar-refractivity contribution in [3.05, 3.63) is 35.9 Å². The lowest BCUT2D eigenvalue weighted by atomic mass is 9.83. The van der Waals surface area contributed by atoms with Crippen LogP contribution in [0.15, 0.2) is 30.3 Å². The number of ether oxygens (including phenoxy) is 1. The van der Waals surface area contributed by atoms with Crippen molar-refractivity contribution < 1.29 is 14.3 Å². The van der Waals surface area contributed by atoms with Crippen LogP contribution in [0.4, 0.5) is 0 Å². The highest BCUT2D eigenvalue weighted by Gasteiger charge is 2.51. The van der Waals surface area contributed by atoms with E-state index in [4.69, 9.17) is 0 Å². The molecule has 2 atom stereocenters. The number of carbonyl (C=O) groups excluding carboxylic acids is 2. The molecule has 84 valence electrons. The molecule has 2 rings (SSSR count). The second-order valence-electron chi connectivity index (χ2n) is 3.81. The van der Waals surface area contributed by atoms with Crippen LogP contribution in [0, 0.1) is 5.92 Å². The van der Waals surface area contributed by atoms with E-state index in [9.17, 15) is 9.59 Å². The minimum absolute atomic E-state index is 0.180. The van der Waals surface area contributed by atoms with Gasteiger partial charge in [0.15, 0.2) is 5.92 Å². The zero-order chi connectivity index (χ0) is 11.7. The van der Waals surface area contributed by atoms with Gasteiger partial charge in [-0.2, -0.15) is 0 Å². The highest BCUT2D eigenvalue weighted by molar-refractivity contribution is 6.03. The Hall–Kier alpha value is -1.84. The van der Waals surface area contributed by atoms with E-state index in [1.807, 2.05) is 30.3 Å². The van der Waals surface area contributed by atoms with Crippen molar-refractivity contribution in [3.63, 3.8) is 0 Å². The molecule has 1 aromatic rings. The SMILES string of the molecule is COC(=O)[C@H]1C(=O)N(C)[C@@H]1c1ccccc1. The molecular weight excluding hydrogens is 206 g/mol. The number of amides is 1. The van der Waals surface area contributed by atoms with Gasteiger partial charge in [-0.15, -0.1) is 0 Å². The topological polar surface area (TPSA) is 46.6 Å². The average molecular weight is 219 g/mol. The molecule has 0 N–H and O–H groups in total. The van der Waals surface area contributed by atoms with Crippen LogP contribution in [0.25, 0.3) is 0 Å². The molecule has 1 saturated heterocycles. The Kier molecular flexibility index (Phi) is 2.64. The summed E-state index contributed by atoms with van der Waals surface area (Å²) in [5.74, 6) is -1.32. The molecular formula is C12H13NO3. The molecule has 1 aliphatic heterocycles. The summed E-state index contributed by atoms with van der Waals surface area (Å²) >= 11 is 0. The summed E-state index contributed by atoms with van der Waals surface area (Å²) in [6, 6.07) is 9.30. The van der Waals surface area contributed by atoms with E-state index < -0.39 is 11.9 Å². The molecule has 0 aliphatic carbocycles. The first kappa shape index (κ1) is 10.7. The van der Waals surface area contributed by atoms with E-state index in [0.29, 0.717) is 0 Å². The van der Waals surface area contributed by atoms with Gasteiger partial charge < -0.3 is 9.64 Å². The predicted molar refractivity (Wildman–Crippen MR) is 57.5 cm³/mol. The van der Waals surface area contributed by atoms with Gasteiger partial charge in [0, 0.05) is 7.05 Å². The first-order valence-electron chi connectivity index (χ1n) is 5.06. The standard InChI is InChI=1S/C12H13NO3/c1-13-10(8-6-4-3-5-7-8)9(11(13)14)12(15)16-2/h3-7,9-10H,1-2H3/t9-,10-/m1/s1. The number of rotatable bonds is 2. The van der Waals surface area contributed by atoms with E-state index in [-0.39, 0.29) is 11.9 Å². The third-order valence-corrected chi connectivity index (χ3v) is 2.94. The lowest BCUT2D eigenvalue weighted by Gasteiger charge is -2.43. The smallest absolute Gasteiger partial charge is 0.320 e. The maximum atomic E-state index is 11.6. The molecule has 0 unspecified atom stereocenters. The quantitative estimate of drug-likeness (QED) is 0.423. The van der Waals surface area contributed by atoms with Crippen LogP contribution in [-0.2, 0) is 14.3 Å². The summed E-state index contributed by atoms with van der Waals surface area (Å²) < 4.78 is 4.64. The Morgan fingerprint density at radius 1 is 1.31 bits per heavy atom. The summed E-state index contributed by atoms with van der Waals surface area (Å²) in [5.41, 5.74) is 0.958. The van der Waals surface area contributed by atoms with Crippen molar-refractivity contribution in [1.82, 2.24) is 4.90 Å².